The maximum atomic E-state index is 13.5. The summed E-state index contributed by atoms with van der Waals surface area (Å²) in [5.41, 5.74) is 1.78. The smallest absolute Gasteiger partial charge is 0.168 e. The fourth-order valence-corrected chi connectivity index (χ4v) is 1.69. The molecule has 0 bridgehead atoms. The molecule has 5 heteroatoms. The van der Waals surface area contributed by atoms with Gasteiger partial charge in [0.1, 0.15) is 12.4 Å². The van der Waals surface area contributed by atoms with Gasteiger partial charge < -0.3 is 10.1 Å². The van der Waals surface area contributed by atoms with E-state index in [1.165, 1.54) is 6.07 Å². The zero-order chi connectivity index (χ0) is 13.8. The largest absolute Gasteiger partial charge is 0.483 e. The Morgan fingerprint density at radius 1 is 1.21 bits per heavy atom. The van der Waals surface area contributed by atoms with Gasteiger partial charge in [0.2, 0.25) is 0 Å². The zero-order valence-electron chi connectivity index (χ0n) is 11.2. The Bertz CT molecular complexity index is 587. The molecule has 1 heterocycles. The molecule has 0 radical (unpaired) electrons. The van der Waals surface area contributed by atoms with Crippen LogP contribution in [0.1, 0.15) is 17.1 Å². The molecule has 0 aliphatic heterocycles. The van der Waals surface area contributed by atoms with Gasteiger partial charge in [0.15, 0.2) is 17.4 Å². The van der Waals surface area contributed by atoms with Gasteiger partial charge in [-0.3, -0.25) is 0 Å². The number of ether oxygens (including phenoxy) is 1. The molecule has 0 saturated heterocycles. The standard InChI is InChI=1S/C14H16FN3O/c1-9-4-5-11(15)12(6-9)19-8-14-17-10(2)7-13(16-3)18-14/h4-7H,8H2,1-3H3,(H,16,17,18). The van der Waals surface area contributed by atoms with Crippen LogP contribution in [0.15, 0.2) is 24.3 Å². The van der Waals surface area contributed by atoms with Gasteiger partial charge in [-0.2, -0.15) is 0 Å². The molecular formula is C14H16FN3O. The Kier molecular flexibility index (Phi) is 3.94. The molecule has 4 nitrogen and oxygen atoms in total. The fourth-order valence-electron chi connectivity index (χ4n) is 1.69. The van der Waals surface area contributed by atoms with Crippen LogP contribution in [0.2, 0.25) is 0 Å². The summed E-state index contributed by atoms with van der Waals surface area (Å²) in [6.45, 7) is 3.89. The fraction of sp³-hybridized carbons (Fsp3) is 0.286. The topological polar surface area (TPSA) is 47.0 Å². The maximum Gasteiger partial charge on any atom is 0.168 e. The number of hydrogen-bond donors (Lipinski definition) is 1. The molecule has 0 atom stereocenters. The Labute approximate surface area is 111 Å². The summed E-state index contributed by atoms with van der Waals surface area (Å²) in [4.78, 5) is 8.50. The second kappa shape index (κ2) is 5.65. The molecule has 100 valence electrons. The summed E-state index contributed by atoms with van der Waals surface area (Å²) in [6, 6.07) is 6.58. The Balaban J connectivity index is 2.14. The highest BCUT2D eigenvalue weighted by Gasteiger charge is 2.06. The van der Waals surface area contributed by atoms with E-state index >= 15 is 0 Å². The van der Waals surface area contributed by atoms with Crippen LogP contribution in [0, 0.1) is 19.7 Å². The molecule has 2 aromatic rings. The molecule has 19 heavy (non-hydrogen) atoms. The minimum Gasteiger partial charge on any atom is -0.483 e. The molecule has 1 aromatic heterocycles. The molecule has 0 fully saturated rings. The van der Waals surface area contributed by atoms with Gasteiger partial charge in [0.25, 0.3) is 0 Å². The highest BCUT2D eigenvalue weighted by atomic mass is 19.1. The number of halogens is 1. The van der Waals surface area contributed by atoms with Crippen LogP contribution in [0.25, 0.3) is 0 Å². The third-order valence-corrected chi connectivity index (χ3v) is 2.60. The van der Waals surface area contributed by atoms with Crippen LogP contribution in [0.5, 0.6) is 5.75 Å². The van der Waals surface area contributed by atoms with Gasteiger partial charge in [-0.25, -0.2) is 14.4 Å². The molecule has 0 saturated carbocycles. The Hall–Kier alpha value is -2.17. The van der Waals surface area contributed by atoms with Crippen LogP contribution in [0.3, 0.4) is 0 Å². The molecule has 0 aliphatic carbocycles. The van der Waals surface area contributed by atoms with Crippen LogP contribution in [-0.2, 0) is 6.61 Å². The monoisotopic (exact) mass is 261 g/mol. The number of aromatic nitrogens is 2. The highest BCUT2D eigenvalue weighted by Crippen LogP contribution is 2.19. The first kappa shape index (κ1) is 13.3. The van der Waals surface area contributed by atoms with Gasteiger partial charge in [-0.05, 0) is 31.5 Å². The number of nitrogens with zero attached hydrogens (tertiary/aromatic N) is 2. The SMILES string of the molecule is CNc1cc(C)nc(COc2cc(C)ccc2F)n1. The van der Waals surface area contributed by atoms with E-state index in [2.05, 4.69) is 15.3 Å². The van der Waals surface area contributed by atoms with Crippen molar-refractivity contribution >= 4 is 5.82 Å². The Morgan fingerprint density at radius 3 is 2.74 bits per heavy atom. The van der Waals surface area contributed by atoms with E-state index in [9.17, 15) is 4.39 Å². The van der Waals surface area contributed by atoms with Crippen LogP contribution in [-0.4, -0.2) is 17.0 Å². The maximum absolute atomic E-state index is 13.5. The van der Waals surface area contributed by atoms with E-state index in [0.29, 0.717) is 5.82 Å². The first-order valence-electron chi connectivity index (χ1n) is 6.00. The number of nitrogens with one attached hydrogen (secondary N) is 1. The molecule has 0 spiro atoms. The molecule has 1 aromatic carbocycles. The van der Waals surface area contributed by atoms with Crippen molar-refractivity contribution in [1.82, 2.24) is 9.97 Å². The number of anilines is 1. The van der Waals surface area contributed by atoms with Gasteiger partial charge in [0.05, 0.1) is 0 Å². The first-order valence-corrected chi connectivity index (χ1v) is 6.00. The predicted octanol–water partition coefficient (Wildman–Crippen LogP) is 2.85. The minimum absolute atomic E-state index is 0.136. The van der Waals surface area contributed by atoms with E-state index in [1.807, 2.05) is 19.9 Å². The third-order valence-electron chi connectivity index (χ3n) is 2.60. The average molecular weight is 261 g/mol. The minimum atomic E-state index is -0.382. The van der Waals surface area contributed by atoms with Crippen LogP contribution in [0.4, 0.5) is 10.2 Å². The lowest BCUT2D eigenvalue weighted by Crippen LogP contribution is -2.06. The number of hydrogen-bond acceptors (Lipinski definition) is 4. The number of aryl methyl sites for hydroxylation is 2. The molecular weight excluding hydrogens is 245 g/mol. The van der Waals surface area contributed by atoms with Crippen molar-refractivity contribution in [2.75, 3.05) is 12.4 Å². The van der Waals surface area contributed by atoms with E-state index in [-0.39, 0.29) is 18.2 Å². The average Bonchev–Trinajstić information content (AvgIpc) is 2.39. The van der Waals surface area contributed by atoms with Crippen molar-refractivity contribution in [2.24, 2.45) is 0 Å². The van der Waals surface area contributed by atoms with Crippen molar-refractivity contribution in [3.63, 3.8) is 0 Å². The van der Waals surface area contributed by atoms with E-state index < -0.39 is 0 Å². The lowest BCUT2D eigenvalue weighted by Gasteiger charge is -2.09. The zero-order valence-corrected chi connectivity index (χ0v) is 11.2. The number of benzene rings is 1. The van der Waals surface area contributed by atoms with Crippen molar-refractivity contribution in [1.29, 1.82) is 0 Å². The summed E-state index contributed by atoms with van der Waals surface area (Å²) in [6.07, 6.45) is 0. The third kappa shape index (κ3) is 3.40. The van der Waals surface area contributed by atoms with Crippen molar-refractivity contribution in [2.45, 2.75) is 20.5 Å². The molecule has 2 rings (SSSR count). The van der Waals surface area contributed by atoms with E-state index in [1.54, 1.807) is 19.2 Å². The lowest BCUT2D eigenvalue weighted by atomic mass is 10.2. The summed E-state index contributed by atoms with van der Waals surface area (Å²) >= 11 is 0. The second-order valence-corrected chi connectivity index (χ2v) is 4.28. The quantitative estimate of drug-likeness (QED) is 0.919. The van der Waals surface area contributed by atoms with Crippen molar-refractivity contribution in [3.05, 3.63) is 47.2 Å². The molecule has 0 aliphatic rings. The summed E-state index contributed by atoms with van der Waals surface area (Å²) < 4.78 is 18.9. The molecule has 1 N–H and O–H groups in total. The normalized spacial score (nSPS) is 10.3. The Morgan fingerprint density at radius 2 is 2.00 bits per heavy atom. The van der Waals surface area contributed by atoms with Crippen molar-refractivity contribution in [3.8, 4) is 5.75 Å². The van der Waals surface area contributed by atoms with Gasteiger partial charge >= 0.3 is 0 Å². The lowest BCUT2D eigenvalue weighted by molar-refractivity contribution is 0.280. The van der Waals surface area contributed by atoms with Crippen LogP contribution < -0.4 is 10.1 Å². The van der Waals surface area contributed by atoms with Gasteiger partial charge in [0, 0.05) is 18.8 Å². The summed E-state index contributed by atoms with van der Waals surface area (Å²) in [5.74, 6) is 1.07. The predicted molar refractivity (Wildman–Crippen MR) is 71.8 cm³/mol. The highest BCUT2D eigenvalue weighted by molar-refractivity contribution is 5.35. The van der Waals surface area contributed by atoms with Crippen LogP contribution >= 0.6 is 0 Å². The first-order chi connectivity index (χ1) is 9.08. The van der Waals surface area contributed by atoms with Crippen molar-refractivity contribution < 1.29 is 9.13 Å². The van der Waals surface area contributed by atoms with E-state index in [0.717, 1.165) is 17.1 Å². The van der Waals surface area contributed by atoms with Gasteiger partial charge in [-0.1, -0.05) is 6.07 Å². The summed E-state index contributed by atoms with van der Waals surface area (Å²) in [7, 11) is 1.78. The molecule has 0 unspecified atom stereocenters. The molecule has 0 amide bonds. The van der Waals surface area contributed by atoms with Gasteiger partial charge in [-0.15, -0.1) is 0 Å². The van der Waals surface area contributed by atoms with E-state index in [4.69, 9.17) is 4.74 Å². The number of rotatable bonds is 4. The summed E-state index contributed by atoms with van der Waals surface area (Å²) in [5, 5.41) is 2.95. The second-order valence-electron chi connectivity index (χ2n) is 4.28.